The maximum atomic E-state index is 11.1. The molecule has 0 saturated heterocycles. The van der Waals surface area contributed by atoms with E-state index in [1.807, 2.05) is 0 Å². The van der Waals surface area contributed by atoms with E-state index >= 15 is 0 Å². The molecule has 2 atom stereocenters. The maximum Gasteiger partial charge on any atom is 0.104 e. The first-order valence-electron chi connectivity index (χ1n) is 6.04. The van der Waals surface area contributed by atoms with Gasteiger partial charge in [-0.05, 0) is 55.8 Å². The van der Waals surface area contributed by atoms with Gasteiger partial charge >= 0.3 is 0 Å². The molecule has 4 fully saturated rings. The van der Waals surface area contributed by atoms with E-state index in [4.69, 9.17) is 0 Å². The smallest absolute Gasteiger partial charge is 0.104 e. The molecule has 0 aromatic carbocycles. The summed E-state index contributed by atoms with van der Waals surface area (Å²) in [5, 5.41) is 3.52. The highest BCUT2D eigenvalue weighted by Crippen LogP contribution is 2.63. The lowest BCUT2D eigenvalue weighted by Crippen LogP contribution is -2.54. The number of hydrogen-bond acceptors (Lipinski definition) is 2. The van der Waals surface area contributed by atoms with Crippen molar-refractivity contribution in [2.75, 3.05) is 0 Å². The van der Waals surface area contributed by atoms with Crippen molar-refractivity contribution in [2.45, 2.75) is 57.4 Å². The maximum absolute atomic E-state index is 11.1. The van der Waals surface area contributed by atoms with Gasteiger partial charge in [0.25, 0.3) is 0 Å². The highest BCUT2D eigenvalue weighted by atomic mass is 16.3. The Labute approximate surface area is 85.4 Å². The van der Waals surface area contributed by atoms with Gasteiger partial charge in [0.2, 0.25) is 0 Å². The van der Waals surface area contributed by atoms with Crippen LogP contribution in [-0.2, 0) is 0 Å². The summed E-state index contributed by atoms with van der Waals surface area (Å²) >= 11 is 0. The first kappa shape index (κ1) is 8.87. The summed E-state index contributed by atoms with van der Waals surface area (Å²) in [6.07, 6.45) is 8.74. The molecule has 0 amide bonds. The highest BCUT2D eigenvalue weighted by molar-refractivity contribution is 5.11. The third kappa shape index (κ3) is 1.03. The molecular formula is C12H19NO. The molecule has 0 aliphatic heterocycles. The van der Waals surface area contributed by atoms with Crippen LogP contribution in [0.25, 0.3) is 0 Å². The molecule has 0 radical (unpaired) electrons. The van der Waals surface area contributed by atoms with E-state index in [0.717, 1.165) is 31.1 Å². The second-order valence-electron chi connectivity index (χ2n) is 6.13. The SMILES string of the molecule is CCC12CC3CC(C1)CC(N=O)(C3)C2. The average Bonchev–Trinajstić information content (AvgIpc) is 2.16. The van der Waals surface area contributed by atoms with E-state index in [9.17, 15) is 4.91 Å². The summed E-state index contributed by atoms with van der Waals surface area (Å²) in [7, 11) is 0. The van der Waals surface area contributed by atoms with Gasteiger partial charge in [-0.15, -0.1) is 0 Å². The molecule has 14 heavy (non-hydrogen) atoms. The third-order valence-electron chi connectivity index (χ3n) is 5.10. The van der Waals surface area contributed by atoms with Crippen LogP contribution in [-0.4, -0.2) is 5.54 Å². The van der Waals surface area contributed by atoms with Crippen LogP contribution in [0.15, 0.2) is 5.18 Å². The first-order valence-corrected chi connectivity index (χ1v) is 6.04. The molecule has 2 nitrogen and oxygen atoms in total. The Morgan fingerprint density at radius 3 is 2.36 bits per heavy atom. The summed E-state index contributed by atoms with van der Waals surface area (Å²) in [6, 6.07) is 0. The molecule has 0 aromatic rings. The van der Waals surface area contributed by atoms with Crippen molar-refractivity contribution < 1.29 is 0 Å². The molecule has 0 heterocycles. The fourth-order valence-corrected chi connectivity index (χ4v) is 4.92. The lowest BCUT2D eigenvalue weighted by Gasteiger charge is -2.59. The van der Waals surface area contributed by atoms with Crippen molar-refractivity contribution in [3.05, 3.63) is 4.91 Å². The van der Waals surface area contributed by atoms with Crippen molar-refractivity contribution in [3.8, 4) is 0 Å². The van der Waals surface area contributed by atoms with Crippen molar-refractivity contribution in [1.29, 1.82) is 0 Å². The van der Waals surface area contributed by atoms with Crippen LogP contribution in [0.1, 0.15) is 51.9 Å². The van der Waals surface area contributed by atoms with Crippen LogP contribution in [0.3, 0.4) is 0 Å². The Hall–Kier alpha value is -0.400. The van der Waals surface area contributed by atoms with Gasteiger partial charge < -0.3 is 0 Å². The summed E-state index contributed by atoms with van der Waals surface area (Å²) in [5.41, 5.74) is 0.387. The van der Waals surface area contributed by atoms with Crippen LogP contribution in [0.4, 0.5) is 0 Å². The van der Waals surface area contributed by atoms with E-state index in [1.165, 1.54) is 25.7 Å². The van der Waals surface area contributed by atoms with E-state index < -0.39 is 0 Å². The minimum Gasteiger partial charge on any atom is -0.150 e. The molecule has 2 heteroatoms. The second-order valence-corrected chi connectivity index (χ2v) is 6.13. The molecule has 0 spiro atoms. The Balaban J connectivity index is 1.97. The zero-order chi connectivity index (χ0) is 9.81. The minimum atomic E-state index is -0.125. The van der Waals surface area contributed by atoms with Crippen molar-refractivity contribution in [1.82, 2.24) is 0 Å². The fourth-order valence-electron chi connectivity index (χ4n) is 4.92. The molecule has 2 unspecified atom stereocenters. The van der Waals surface area contributed by atoms with Crippen LogP contribution < -0.4 is 0 Å². The van der Waals surface area contributed by atoms with Crippen LogP contribution in [0.5, 0.6) is 0 Å². The van der Waals surface area contributed by atoms with Crippen molar-refractivity contribution >= 4 is 0 Å². The molecular weight excluding hydrogens is 174 g/mol. The lowest BCUT2D eigenvalue weighted by atomic mass is 9.46. The van der Waals surface area contributed by atoms with Gasteiger partial charge in [0, 0.05) is 0 Å². The number of nitrogens with zero attached hydrogens (tertiary/aromatic N) is 1. The van der Waals surface area contributed by atoms with E-state index in [2.05, 4.69) is 12.1 Å². The average molecular weight is 193 g/mol. The van der Waals surface area contributed by atoms with Gasteiger partial charge in [0.1, 0.15) is 5.54 Å². The normalized spacial score (nSPS) is 54.9. The second kappa shape index (κ2) is 2.59. The summed E-state index contributed by atoms with van der Waals surface area (Å²) in [4.78, 5) is 11.1. The first-order chi connectivity index (χ1) is 6.69. The van der Waals surface area contributed by atoms with E-state index in [0.29, 0.717) is 5.41 Å². The Bertz CT molecular complexity index is 259. The molecule has 4 rings (SSSR count). The standard InChI is InChI=1S/C12H19NO/c1-2-11-4-9-3-10(5-11)7-12(6-9,8-11)13-14/h9-10H,2-8H2,1H3. The molecule has 4 aliphatic rings. The van der Waals surface area contributed by atoms with Gasteiger partial charge in [0.15, 0.2) is 0 Å². The molecule has 0 aromatic heterocycles. The van der Waals surface area contributed by atoms with Crippen LogP contribution >= 0.6 is 0 Å². The zero-order valence-corrected chi connectivity index (χ0v) is 8.96. The fraction of sp³-hybridized carbons (Fsp3) is 1.00. The number of hydrogen-bond donors (Lipinski definition) is 0. The zero-order valence-electron chi connectivity index (χ0n) is 8.96. The lowest BCUT2D eigenvalue weighted by molar-refractivity contribution is -0.0683. The molecule has 4 saturated carbocycles. The van der Waals surface area contributed by atoms with Gasteiger partial charge in [-0.3, -0.25) is 0 Å². The molecule has 4 bridgehead atoms. The predicted octanol–water partition coefficient (Wildman–Crippen LogP) is 3.50. The number of nitroso groups, excluding NO2 is 1. The van der Waals surface area contributed by atoms with Gasteiger partial charge in [0.05, 0.1) is 0 Å². The van der Waals surface area contributed by atoms with Crippen LogP contribution in [0.2, 0.25) is 0 Å². The topological polar surface area (TPSA) is 29.4 Å². The quantitative estimate of drug-likeness (QED) is 0.617. The molecule has 78 valence electrons. The summed E-state index contributed by atoms with van der Waals surface area (Å²) in [6.45, 7) is 2.30. The molecule has 0 N–H and O–H groups in total. The van der Waals surface area contributed by atoms with Gasteiger partial charge in [-0.25, -0.2) is 0 Å². The van der Waals surface area contributed by atoms with Gasteiger partial charge in [-0.1, -0.05) is 18.5 Å². The van der Waals surface area contributed by atoms with Crippen molar-refractivity contribution in [2.24, 2.45) is 22.4 Å². The minimum absolute atomic E-state index is 0.125. The summed E-state index contributed by atoms with van der Waals surface area (Å²) in [5.74, 6) is 1.66. The largest absolute Gasteiger partial charge is 0.150 e. The summed E-state index contributed by atoms with van der Waals surface area (Å²) < 4.78 is 0. The predicted molar refractivity (Wildman–Crippen MR) is 55.9 cm³/mol. The monoisotopic (exact) mass is 193 g/mol. The Morgan fingerprint density at radius 2 is 1.86 bits per heavy atom. The third-order valence-corrected chi connectivity index (χ3v) is 5.10. The van der Waals surface area contributed by atoms with Crippen LogP contribution in [0, 0.1) is 22.2 Å². The number of rotatable bonds is 2. The Morgan fingerprint density at radius 1 is 1.21 bits per heavy atom. The Kier molecular flexibility index (Phi) is 1.64. The highest BCUT2D eigenvalue weighted by Gasteiger charge is 2.57. The van der Waals surface area contributed by atoms with E-state index in [1.54, 1.807) is 0 Å². The van der Waals surface area contributed by atoms with E-state index in [-0.39, 0.29) is 5.54 Å². The van der Waals surface area contributed by atoms with Crippen molar-refractivity contribution in [3.63, 3.8) is 0 Å². The molecule has 4 aliphatic carbocycles. The van der Waals surface area contributed by atoms with Gasteiger partial charge in [-0.2, -0.15) is 4.91 Å².